The van der Waals surface area contributed by atoms with Crippen LogP contribution in [0.1, 0.15) is 17.2 Å². The van der Waals surface area contributed by atoms with Crippen LogP contribution in [0, 0.1) is 4.78 Å². The van der Waals surface area contributed by atoms with Crippen LogP contribution in [0.3, 0.4) is 0 Å². The van der Waals surface area contributed by atoms with Gasteiger partial charge in [0, 0.05) is 19.3 Å². The Morgan fingerprint density at radius 2 is 1.72 bits per heavy atom. The second kappa shape index (κ2) is 6.99. The molecule has 6 nitrogen and oxygen atoms in total. The maximum atomic E-state index is 13.7. The van der Waals surface area contributed by atoms with Crippen LogP contribution in [0.15, 0.2) is 53.8 Å². The zero-order chi connectivity index (χ0) is 21.6. The monoisotopic (exact) mass is 437 g/mol. The van der Waals surface area contributed by atoms with E-state index in [1.165, 1.54) is 29.2 Å². The minimum Gasteiger partial charge on any atom is -0.236 e. The number of aromatic nitrogens is 3. The molecule has 2 unspecified atom stereocenters. The second-order valence-electron chi connectivity index (χ2n) is 6.06. The predicted octanol–water partition coefficient (Wildman–Crippen LogP) is 4.30. The van der Waals surface area contributed by atoms with Crippen molar-refractivity contribution in [3.63, 3.8) is 0 Å². The topological polar surface area (TPSA) is 74.4 Å². The number of halogens is 6. The average Bonchev–Trinajstić information content (AvgIpc) is 3.08. The van der Waals surface area contributed by atoms with E-state index in [1.807, 2.05) is 0 Å². The maximum absolute atomic E-state index is 13.7. The fraction of sp³-hybridized carbons (Fsp3) is 0.250. The molecule has 2 aromatic heterocycles. The molecule has 29 heavy (non-hydrogen) atoms. The number of alkyl halides is 6. The lowest BCUT2D eigenvalue weighted by Gasteiger charge is -2.31. The maximum Gasteiger partial charge on any atom is 0.416 e. The van der Waals surface area contributed by atoms with Crippen molar-refractivity contribution in [1.82, 2.24) is 18.9 Å². The summed E-state index contributed by atoms with van der Waals surface area (Å²) in [5.41, 5.74) is -1.51. The smallest absolute Gasteiger partial charge is 0.236 e. The lowest BCUT2D eigenvalue weighted by atomic mass is 10.0. The van der Waals surface area contributed by atoms with Gasteiger partial charge >= 0.3 is 12.4 Å². The lowest BCUT2D eigenvalue weighted by molar-refractivity contribution is -0.170. The molecule has 0 aliphatic rings. The molecule has 0 bridgehead atoms. The molecular weight excluding hydrogens is 424 g/mol. The minimum atomic E-state index is -5.00. The molecule has 2 atom stereocenters. The van der Waals surface area contributed by atoms with Crippen molar-refractivity contribution in [1.29, 1.82) is 4.78 Å². The molecule has 3 aromatic rings. The van der Waals surface area contributed by atoms with Crippen molar-refractivity contribution < 1.29 is 30.6 Å². The van der Waals surface area contributed by atoms with Crippen molar-refractivity contribution in [2.45, 2.75) is 23.3 Å². The molecule has 0 spiro atoms. The Morgan fingerprint density at radius 3 is 2.28 bits per heavy atom. The molecule has 0 aliphatic heterocycles. The summed E-state index contributed by atoms with van der Waals surface area (Å²) in [6.45, 7) is 0. The van der Waals surface area contributed by atoms with Crippen LogP contribution in [0.2, 0.25) is 0 Å². The van der Waals surface area contributed by atoms with E-state index in [1.54, 1.807) is 0 Å². The normalized spacial score (nSPS) is 16.1. The molecule has 3 rings (SSSR count). The highest BCUT2D eigenvalue weighted by atomic mass is 32.2. The van der Waals surface area contributed by atoms with Gasteiger partial charge in [-0.25, -0.2) is 22.8 Å². The number of nitrogens with zero attached hydrogens (tertiary/aromatic N) is 4. The molecule has 13 heteroatoms. The van der Waals surface area contributed by atoms with Crippen LogP contribution in [-0.4, -0.2) is 36.3 Å². The summed E-state index contributed by atoms with van der Waals surface area (Å²) >= 11 is 0. The third kappa shape index (κ3) is 4.05. The standard InChI is InChI=1S/C16H13F6N5OS/c1-26(29(23,28)12-6-7-27-13(8-12)24-9-25-27)14(16(20,21)22)10-2-4-11(5-3-10)15(17,18)19/h2-9,14,23H,1H3. The van der Waals surface area contributed by atoms with Crippen LogP contribution in [0.4, 0.5) is 26.3 Å². The summed E-state index contributed by atoms with van der Waals surface area (Å²) in [6.07, 6.45) is -7.25. The van der Waals surface area contributed by atoms with Crippen LogP contribution in [0.25, 0.3) is 5.65 Å². The molecule has 0 amide bonds. The Labute approximate surface area is 160 Å². The number of benzene rings is 1. The first-order valence-corrected chi connectivity index (χ1v) is 9.38. The fourth-order valence-electron chi connectivity index (χ4n) is 2.74. The largest absolute Gasteiger partial charge is 0.416 e. The summed E-state index contributed by atoms with van der Waals surface area (Å²) in [7, 11) is -3.33. The van der Waals surface area contributed by atoms with Gasteiger partial charge in [0.1, 0.15) is 22.3 Å². The highest BCUT2D eigenvalue weighted by Gasteiger charge is 2.47. The van der Waals surface area contributed by atoms with Gasteiger partial charge in [0.05, 0.1) is 10.5 Å². The number of pyridine rings is 1. The zero-order valence-electron chi connectivity index (χ0n) is 14.6. The summed E-state index contributed by atoms with van der Waals surface area (Å²) in [4.78, 5) is 3.58. The van der Waals surface area contributed by atoms with Gasteiger partial charge in [-0.15, -0.1) is 0 Å². The van der Waals surface area contributed by atoms with Gasteiger partial charge in [-0.3, -0.25) is 0 Å². The van der Waals surface area contributed by atoms with Gasteiger partial charge in [0.2, 0.25) is 0 Å². The van der Waals surface area contributed by atoms with Gasteiger partial charge in [0.15, 0.2) is 5.65 Å². The lowest BCUT2D eigenvalue weighted by Crippen LogP contribution is -2.39. The molecule has 0 fully saturated rings. The molecule has 1 aromatic carbocycles. The van der Waals surface area contributed by atoms with Gasteiger partial charge < -0.3 is 0 Å². The fourth-order valence-corrected chi connectivity index (χ4v) is 4.12. The van der Waals surface area contributed by atoms with E-state index < -0.39 is 39.4 Å². The molecule has 1 N–H and O–H groups in total. The Bertz CT molecular complexity index is 1120. The van der Waals surface area contributed by atoms with E-state index in [0.717, 1.165) is 7.05 Å². The molecule has 156 valence electrons. The molecule has 2 heterocycles. The van der Waals surface area contributed by atoms with E-state index in [2.05, 4.69) is 10.1 Å². The van der Waals surface area contributed by atoms with Crippen LogP contribution >= 0.6 is 0 Å². The first-order chi connectivity index (χ1) is 13.3. The summed E-state index contributed by atoms with van der Waals surface area (Å²) in [5, 5.41) is 3.80. The van der Waals surface area contributed by atoms with Gasteiger partial charge in [-0.1, -0.05) is 12.1 Å². The SMILES string of the molecule is CN(C(c1ccc(C(F)(F)F)cc1)C(F)(F)F)S(=N)(=O)c1ccn2ncnc2c1. The Kier molecular flexibility index (Phi) is 5.07. The van der Waals surface area contributed by atoms with Crippen molar-refractivity contribution in [2.75, 3.05) is 7.05 Å². The number of fused-ring (bicyclic) bond motifs is 1. The van der Waals surface area contributed by atoms with E-state index >= 15 is 0 Å². The van der Waals surface area contributed by atoms with Gasteiger partial charge in [-0.2, -0.15) is 31.4 Å². The summed E-state index contributed by atoms with van der Waals surface area (Å²) in [5.74, 6) is 0. The minimum absolute atomic E-state index is 0.175. The molecule has 0 saturated carbocycles. The molecular formula is C16H13F6N5OS. The number of hydrogen-bond acceptors (Lipinski definition) is 4. The van der Waals surface area contributed by atoms with E-state index in [0.29, 0.717) is 24.3 Å². The Morgan fingerprint density at radius 1 is 1.10 bits per heavy atom. The number of hydrogen-bond donors (Lipinski definition) is 1. The van der Waals surface area contributed by atoms with Crippen LogP contribution in [-0.2, 0) is 16.1 Å². The molecule has 0 radical (unpaired) electrons. The third-order valence-electron chi connectivity index (χ3n) is 4.20. The quantitative estimate of drug-likeness (QED) is 0.619. The number of nitrogens with one attached hydrogen (secondary N) is 1. The van der Waals surface area contributed by atoms with Gasteiger partial charge in [-0.05, 0) is 23.8 Å². The predicted molar refractivity (Wildman–Crippen MR) is 90.1 cm³/mol. The summed E-state index contributed by atoms with van der Waals surface area (Å²) in [6, 6.07) is 2.12. The second-order valence-corrected chi connectivity index (χ2v) is 8.16. The molecule has 0 saturated heterocycles. The van der Waals surface area contributed by atoms with E-state index in [4.69, 9.17) is 4.78 Å². The zero-order valence-corrected chi connectivity index (χ0v) is 15.4. The van der Waals surface area contributed by atoms with E-state index in [-0.39, 0.29) is 14.8 Å². The van der Waals surface area contributed by atoms with Crippen molar-refractivity contribution in [2.24, 2.45) is 0 Å². The van der Waals surface area contributed by atoms with Crippen molar-refractivity contribution in [3.05, 3.63) is 60.0 Å². The Balaban J connectivity index is 2.04. The first-order valence-electron chi connectivity index (χ1n) is 7.87. The summed E-state index contributed by atoms with van der Waals surface area (Å²) < 4.78 is 102. The van der Waals surface area contributed by atoms with Crippen LogP contribution < -0.4 is 0 Å². The van der Waals surface area contributed by atoms with Gasteiger partial charge in [0.25, 0.3) is 0 Å². The highest BCUT2D eigenvalue weighted by molar-refractivity contribution is 7.90. The van der Waals surface area contributed by atoms with Crippen molar-refractivity contribution in [3.8, 4) is 0 Å². The third-order valence-corrected chi connectivity index (χ3v) is 6.12. The van der Waals surface area contributed by atoms with Crippen LogP contribution in [0.5, 0.6) is 0 Å². The van der Waals surface area contributed by atoms with E-state index in [9.17, 15) is 30.6 Å². The Hall–Kier alpha value is -2.67. The first kappa shape index (κ1) is 21.0. The average molecular weight is 437 g/mol. The number of rotatable bonds is 4. The highest BCUT2D eigenvalue weighted by Crippen LogP contribution is 2.40. The van der Waals surface area contributed by atoms with Crippen molar-refractivity contribution >= 4 is 15.6 Å². The molecule has 0 aliphatic carbocycles.